The molecule has 2 N–H and O–H groups in total. The number of aromatic carboxylic acids is 1. The Kier molecular flexibility index (Phi) is 6.29. The Morgan fingerprint density at radius 3 is 2.53 bits per heavy atom. The molecule has 36 heavy (non-hydrogen) atoms. The molecule has 0 radical (unpaired) electrons. The number of furan rings is 1. The SMILES string of the molecule is O=C(O)c1ccc(CNc2nc3ccccc3n([C@@H]3C[C@@H]4CCC3N4C3CCCCCCC3)c2=O)o1. The zero-order valence-corrected chi connectivity index (χ0v) is 20.6. The van der Waals surface area contributed by atoms with Gasteiger partial charge in [-0.2, -0.15) is 0 Å². The van der Waals surface area contributed by atoms with Crippen LogP contribution in [0, 0.1) is 0 Å². The number of carboxylic acids is 1. The second kappa shape index (κ2) is 9.73. The van der Waals surface area contributed by atoms with Gasteiger partial charge in [-0.15, -0.1) is 0 Å². The molecule has 0 amide bonds. The molecule has 2 aromatic heterocycles. The molecule has 3 aromatic rings. The molecule has 190 valence electrons. The van der Waals surface area contributed by atoms with Gasteiger partial charge in [-0.1, -0.05) is 44.2 Å². The summed E-state index contributed by atoms with van der Waals surface area (Å²) in [6, 6.07) is 12.6. The highest BCUT2D eigenvalue weighted by atomic mass is 16.4. The number of fused-ring (bicyclic) bond motifs is 3. The van der Waals surface area contributed by atoms with Crippen LogP contribution in [0.1, 0.15) is 86.6 Å². The first-order valence-corrected chi connectivity index (χ1v) is 13.4. The van der Waals surface area contributed by atoms with E-state index in [9.17, 15) is 9.59 Å². The maximum atomic E-state index is 13.9. The molecule has 2 aliphatic heterocycles. The standard InChI is InChI=1S/C28H34N4O4/c33-27-26(29-17-20-13-15-25(36-20)28(34)35)30-21-10-6-7-11-22(21)32(27)24-16-19-12-14-23(24)31(19)18-8-4-2-1-3-5-9-18/h6-7,10-11,13,15,18-19,23-24H,1-5,8-9,12,14,16-17H2,(H,29,30)(H,34,35)/t19-,23?,24+/m0/s1. The number of rotatable bonds is 6. The van der Waals surface area contributed by atoms with Crippen LogP contribution in [0.2, 0.25) is 0 Å². The van der Waals surface area contributed by atoms with E-state index in [2.05, 4.69) is 15.2 Å². The van der Waals surface area contributed by atoms with Gasteiger partial charge in [0.25, 0.3) is 5.56 Å². The first-order valence-electron chi connectivity index (χ1n) is 13.4. The van der Waals surface area contributed by atoms with E-state index in [0.29, 0.717) is 23.9 Å². The highest BCUT2D eigenvalue weighted by Gasteiger charge is 2.50. The number of nitrogens with zero attached hydrogens (tertiary/aromatic N) is 3. The van der Waals surface area contributed by atoms with Crippen molar-refractivity contribution < 1.29 is 14.3 Å². The van der Waals surface area contributed by atoms with Gasteiger partial charge >= 0.3 is 5.97 Å². The second-order valence-electron chi connectivity index (χ2n) is 10.6. The summed E-state index contributed by atoms with van der Waals surface area (Å²) in [4.78, 5) is 32.4. The van der Waals surface area contributed by atoms with Gasteiger partial charge in [-0.25, -0.2) is 9.78 Å². The zero-order valence-electron chi connectivity index (χ0n) is 20.6. The molecular formula is C28H34N4O4. The molecule has 8 nitrogen and oxygen atoms in total. The lowest BCUT2D eigenvalue weighted by atomic mass is 9.94. The van der Waals surface area contributed by atoms with Crippen molar-refractivity contribution in [2.75, 3.05) is 5.32 Å². The summed E-state index contributed by atoms with van der Waals surface area (Å²) in [5.74, 6) is -0.504. The summed E-state index contributed by atoms with van der Waals surface area (Å²) in [5, 5.41) is 12.2. The van der Waals surface area contributed by atoms with E-state index in [-0.39, 0.29) is 29.7 Å². The Balaban J connectivity index is 1.31. The Morgan fingerprint density at radius 1 is 0.972 bits per heavy atom. The van der Waals surface area contributed by atoms with Crippen LogP contribution in [0.3, 0.4) is 0 Å². The van der Waals surface area contributed by atoms with Crippen LogP contribution < -0.4 is 10.9 Å². The average Bonchev–Trinajstić information content (AvgIpc) is 3.58. The van der Waals surface area contributed by atoms with Crippen molar-refractivity contribution in [2.24, 2.45) is 0 Å². The highest BCUT2D eigenvalue weighted by Crippen LogP contribution is 2.47. The van der Waals surface area contributed by atoms with Crippen molar-refractivity contribution in [1.82, 2.24) is 14.5 Å². The molecule has 3 fully saturated rings. The Labute approximate surface area is 210 Å². The predicted molar refractivity (Wildman–Crippen MR) is 137 cm³/mol. The minimum atomic E-state index is -1.11. The van der Waals surface area contributed by atoms with Crippen molar-refractivity contribution >= 4 is 22.8 Å². The fourth-order valence-corrected chi connectivity index (χ4v) is 6.94. The van der Waals surface area contributed by atoms with E-state index in [4.69, 9.17) is 9.52 Å². The summed E-state index contributed by atoms with van der Waals surface area (Å²) < 4.78 is 7.35. The van der Waals surface area contributed by atoms with Gasteiger partial charge in [-0.3, -0.25) is 14.3 Å². The van der Waals surface area contributed by atoms with Crippen LogP contribution in [0.5, 0.6) is 0 Å². The lowest BCUT2D eigenvalue weighted by Crippen LogP contribution is -2.42. The number of hydrogen-bond acceptors (Lipinski definition) is 6. The van der Waals surface area contributed by atoms with E-state index in [0.717, 1.165) is 23.9 Å². The Morgan fingerprint density at radius 2 is 1.75 bits per heavy atom. The lowest BCUT2D eigenvalue weighted by Gasteiger charge is -2.34. The molecular weight excluding hydrogens is 456 g/mol. The number of carboxylic acid groups (broad SMARTS) is 1. The van der Waals surface area contributed by atoms with Crippen molar-refractivity contribution in [1.29, 1.82) is 0 Å². The molecule has 1 aliphatic carbocycles. The molecule has 2 saturated heterocycles. The number of para-hydroxylation sites is 2. The maximum absolute atomic E-state index is 13.9. The number of hydrogen-bond donors (Lipinski definition) is 2. The summed E-state index contributed by atoms with van der Waals surface area (Å²) in [5.41, 5.74) is 1.55. The summed E-state index contributed by atoms with van der Waals surface area (Å²) in [7, 11) is 0. The number of aromatic nitrogens is 2. The molecule has 1 unspecified atom stereocenters. The number of anilines is 1. The normalized spacial score (nSPS) is 25.2. The molecule has 0 spiro atoms. The van der Waals surface area contributed by atoms with Gasteiger partial charge in [0, 0.05) is 18.1 Å². The molecule has 1 saturated carbocycles. The summed E-state index contributed by atoms with van der Waals surface area (Å²) in [6.45, 7) is 0.193. The molecule has 8 heteroatoms. The van der Waals surface area contributed by atoms with E-state index >= 15 is 0 Å². The predicted octanol–water partition coefficient (Wildman–Crippen LogP) is 5.19. The van der Waals surface area contributed by atoms with Gasteiger partial charge in [0.15, 0.2) is 5.82 Å². The van der Waals surface area contributed by atoms with Gasteiger partial charge in [-0.05, 0) is 56.4 Å². The van der Waals surface area contributed by atoms with Crippen molar-refractivity contribution in [3.8, 4) is 0 Å². The maximum Gasteiger partial charge on any atom is 0.371 e. The summed E-state index contributed by atoms with van der Waals surface area (Å²) in [6.07, 6.45) is 12.6. The number of carbonyl (C=O) groups is 1. The zero-order chi connectivity index (χ0) is 24.6. The van der Waals surface area contributed by atoms with Crippen LogP contribution in [0.25, 0.3) is 11.0 Å². The molecule has 3 aliphatic rings. The highest BCUT2D eigenvalue weighted by molar-refractivity contribution is 5.84. The summed E-state index contributed by atoms with van der Waals surface area (Å²) >= 11 is 0. The third-order valence-electron chi connectivity index (χ3n) is 8.48. The van der Waals surface area contributed by atoms with Crippen LogP contribution in [0.15, 0.2) is 45.6 Å². The monoisotopic (exact) mass is 490 g/mol. The Hall–Kier alpha value is -3.13. The van der Waals surface area contributed by atoms with Crippen LogP contribution in [0.4, 0.5) is 5.82 Å². The average molecular weight is 491 g/mol. The Bertz CT molecular complexity index is 1310. The largest absolute Gasteiger partial charge is 0.475 e. The quantitative estimate of drug-likeness (QED) is 0.490. The van der Waals surface area contributed by atoms with Gasteiger partial charge in [0.1, 0.15) is 5.76 Å². The second-order valence-corrected chi connectivity index (χ2v) is 10.6. The van der Waals surface area contributed by atoms with Crippen molar-refractivity contribution in [3.63, 3.8) is 0 Å². The fraction of sp³-hybridized carbons (Fsp3) is 0.536. The molecule has 4 heterocycles. The van der Waals surface area contributed by atoms with Crippen LogP contribution >= 0.6 is 0 Å². The fourth-order valence-electron chi connectivity index (χ4n) is 6.94. The lowest BCUT2D eigenvalue weighted by molar-refractivity contribution is 0.0660. The van der Waals surface area contributed by atoms with Crippen molar-refractivity contribution in [2.45, 2.75) is 94.9 Å². The van der Waals surface area contributed by atoms with E-state index in [1.807, 2.05) is 28.8 Å². The molecule has 6 rings (SSSR count). The molecule has 2 bridgehead atoms. The first kappa shape index (κ1) is 23.3. The van der Waals surface area contributed by atoms with Crippen LogP contribution in [-0.4, -0.2) is 43.7 Å². The topological polar surface area (TPSA) is 101 Å². The van der Waals surface area contributed by atoms with Gasteiger partial charge in [0.2, 0.25) is 5.76 Å². The third kappa shape index (κ3) is 4.21. The molecule has 1 aromatic carbocycles. The minimum absolute atomic E-state index is 0.117. The van der Waals surface area contributed by atoms with Gasteiger partial charge < -0.3 is 14.8 Å². The first-order chi connectivity index (χ1) is 17.6. The minimum Gasteiger partial charge on any atom is -0.475 e. The van der Waals surface area contributed by atoms with Crippen molar-refractivity contribution in [3.05, 3.63) is 58.3 Å². The van der Waals surface area contributed by atoms with E-state index in [1.54, 1.807) is 6.07 Å². The van der Waals surface area contributed by atoms with Gasteiger partial charge in [0.05, 0.1) is 23.6 Å². The van der Waals surface area contributed by atoms with E-state index in [1.165, 1.54) is 57.4 Å². The number of nitrogens with one attached hydrogen (secondary N) is 1. The van der Waals surface area contributed by atoms with Crippen LogP contribution in [-0.2, 0) is 6.54 Å². The number of benzene rings is 1. The third-order valence-corrected chi connectivity index (χ3v) is 8.48. The molecule has 3 atom stereocenters. The smallest absolute Gasteiger partial charge is 0.371 e. The van der Waals surface area contributed by atoms with E-state index < -0.39 is 5.97 Å².